The van der Waals surface area contributed by atoms with E-state index in [1.807, 2.05) is 97.1 Å². The molecule has 0 saturated heterocycles. The quantitative estimate of drug-likeness (QED) is 0.289. The fourth-order valence-corrected chi connectivity index (χ4v) is 5.91. The normalized spacial score (nSPS) is 21.0. The van der Waals surface area contributed by atoms with Crippen molar-refractivity contribution in [3.63, 3.8) is 0 Å². The molecule has 1 aliphatic heterocycles. The van der Waals surface area contributed by atoms with E-state index in [1.54, 1.807) is 6.92 Å². The van der Waals surface area contributed by atoms with E-state index >= 15 is 0 Å². The zero-order chi connectivity index (χ0) is 26.8. The van der Waals surface area contributed by atoms with Gasteiger partial charge in [-0.25, -0.2) is 0 Å². The SMILES string of the molecule is CC(=O)[C@@H]1[C@@H](c2ccc3c(c2)OCO3)c2ccccc2[C@@]1(O)c1ccccc1OCCOCc1ccccc1. The first-order valence-electron chi connectivity index (χ1n) is 13.1. The van der Waals surface area contributed by atoms with Crippen LogP contribution < -0.4 is 14.2 Å². The van der Waals surface area contributed by atoms with Crippen molar-refractivity contribution in [2.75, 3.05) is 20.0 Å². The van der Waals surface area contributed by atoms with E-state index in [1.165, 1.54) is 0 Å². The van der Waals surface area contributed by atoms with Crippen LogP contribution >= 0.6 is 0 Å². The summed E-state index contributed by atoms with van der Waals surface area (Å²) in [6.07, 6.45) is 0. The van der Waals surface area contributed by atoms with Crippen LogP contribution in [0.15, 0.2) is 97.1 Å². The molecule has 1 heterocycles. The van der Waals surface area contributed by atoms with E-state index in [2.05, 4.69) is 0 Å². The fourth-order valence-electron chi connectivity index (χ4n) is 5.91. The molecule has 39 heavy (non-hydrogen) atoms. The molecule has 0 bridgehead atoms. The van der Waals surface area contributed by atoms with Crippen LogP contribution in [-0.2, 0) is 21.7 Å². The molecule has 3 atom stereocenters. The lowest BCUT2D eigenvalue weighted by molar-refractivity contribution is -0.128. The van der Waals surface area contributed by atoms with Crippen molar-refractivity contribution in [2.45, 2.75) is 25.0 Å². The molecule has 0 radical (unpaired) electrons. The highest BCUT2D eigenvalue weighted by molar-refractivity contribution is 5.85. The number of carbonyl (C=O) groups is 1. The summed E-state index contributed by atoms with van der Waals surface area (Å²) in [5, 5.41) is 12.6. The highest BCUT2D eigenvalue weighted by Crippen LogP contribution is 2.57. The van der Waals surface area contributed by atoms with E-state index in [4.69, 9.17) is 18.9 Å². The van der Waals surface area contributed by atoms with Crippen LogP contribution in [-0.4, -0.2) is 30.9 Å². The molecule has 198 valence electrons. The molecule has 1 N–H and O–H groups in total. The molecule has 4 aromatic carbocycles. The molecule has 0 saturated carbocycles. The zero-order valence-electron chi connectivity index (χ0n) is 21.7. The smallest absolute Gasteiger partial charge is 0.231 e. The standard InChI is InChI=1S/C33H30O6/c1-22(34)32-31(24-15-16-29-30(19-24)39-21-38-29)25-11-5-6-12-26(25)33(32,35)27-13-7-8-14-28(27)37-18-17-36-20-23-9-3-2-4-10-23/h2-16,19,31-32,35H,17-18,20-21H2,1H3/t31-,32+,33+/m0/s1. The number of hydrogen-bond donors (Lipinski definition) is 1. The summed E-state index contributed by atoms with van der Waals surface area (Å²) in [7, 11) is 0. The molecular formula is C33H30O6. The van der Waals surface area contributed by atoms with Crippen molar-refractivity contribution >= 4 is 5.78 Å². The molecule has 0 spiro atoms. The van der Waals surface area contributed by atoms with Crippen LogP contribution in [0.5, 0.6) is 17.2 Å². The van der Waals surface area contributed by atoms with Crippen LogP contribution in [0.3, 0.4) is 0 Å². The average Bonchev–Trinajstić information content (AvgIpc) is 3.54. The molecule has 6 heteroatoms. The summed E-state index contributed by atoms with van der Waals surface area (Å²) < 4.78 is 23.1. The summed E-state index contributed by atoms with van der Waals surface area (Å²) in [6.45, 7) is 2.89. The summed E-state index contributed by atoms with van der Waals surface area (Å²) in [4.78, 5) is 13.4. The molecule has 1 aliphatic carbocycles. The summed E-state index contributed by atoms with van der Waals surface area (Å²) in [6, 6.07) is 30.8. The van der Waals surface area contributed by atoms with E-state index in [0.717, 1.165) is 16.7 Å². The van der Waals surface area contributed by atoms with Gasteiger partial charge in [-0.1, -0.05) is 78.9 Å². The number of fused-ring (bicyclic) bond motifs is 2. The third kappa shape index (κ3) is 4.56. The minimum absolute atomic E-state index is 0.114. The van der Waals surface area contributed by atoms with Gasteiger partial charge >= 0.3 is 0 Å². The molecule has 0 fully saturated rings. The number of Topliss-reactive ketones (excluding diaryl/α,β-unsaturated/α-hetero) is 1. The van der Waals surface area contributed by atoms with Gasteiger partial charge in [0.25, 0.3) is 0 Å². The Labute approximate surface area is 227 Å². The maximum atomic E-state index is 13.4. The summed E-state index contributed by atoms with van der Waals surface area (Å²) >= 11 is 0. The Kier molecular flexibility index (Phi) is 6.81. The number of carbonyl (C=O) groups excluding carboxylic acids is 1. The van der Waals surface area contributed by atoms with Crippen LogP contribution in [0.1, 0.15) is 40.7 Å². The molecular weight excluding hydrogens is 492 g/mol. The first-order chi connectivity index (χ1) is 19.1. The second-order valence-corrected chi connectivity index (χ2v) is 9.92. The molecule has 6 nitrogen and oxygen atoms in total. The van der Waals surface area contributed by atoms with Gasteiger partial charge in [-0.05, 0) is 47.4 Å². The highest BCUT2D eigenvalue weighted by atomic mass is 16.7. The van der Waals surface area contributed by atoms with Gasteiger partial charge in [-0.15, -0.1) is 0 Å². The Morgan fingerprint density at radius 2 is 1.59 bits per heavy atom. The summed E-state index contributed by atoms with van der Waals surface area (Å²) in [5.41, 5.74) is 2.54. The summed E-state index contributed by atoms with van der Waals surface area (Å²) in [5.74, 6) is 0.581. The Morgan fingerprint density at radius 1 is 0.872 bits per heavy atom. The van der Waals surface area contributed by atoms with Gasteiger partial charge in [-0.3, -0.25) is 4.79 Å². The molecule has 0 aromatic heterocycles. The lowest BCUT2D eigenvalue weighted by Crippen LogP contribution is -2.39. The lowest BCUT2D eigenvalue weighted by Gasteiger charge is -2.34. The van der Waals surface area contributed by atoms with Crippen molar-refractivity contribution in [3.05, 3.63) is 125 Å². The number of para-hydroxylation sites is 1. The van der Waals surface area contributed by atoms with E-state index < -0.39 is 11.5 Å². The molecule has 4 aromatic rings. The van der Waals surface area contributed by atoms with Gasteiger partial charge in [0.2, 0.25) is 6.79 Å². The maximum absolute atomic E-state index is 13.4. The number of benzene rings is 4. The highest BCUT2D eigenvalue weighted by Gasteiger charge is 2.56. The van der Waals surface area contributed by atoms with Gasteiger partial charge in [0.15, 0.2) is 11.5 Å². The second kappa shape index (κ2) is 10.6. The number of ether oxygens (including phenoxy) is 4. The molecule has 0 unspecified atom stereocenters. The topological polar surface area (TPSA) is 74.2 Å². The van der Waals surface area contributed by atoms with Gasteiger partial charge in [0.05, 0.1) is 19.1 Å². The van der Waals surface area contributed by atoms with Gasteiger partial charge in [0.1, 0.15) is 23.7 Å². The van der Waals surface area contributed by atoms with Crippen molar-refractivity contribution < 1.29 is 28.8 Å². The minimum Gasteiger partial charge on any atom is -0.491 e. The Hall–Kier alpha value is -4.13. The van der Waals surface area contributed by atoms with Crippen LogP contribution in [0, 0.1) is 5.92 Å². The van der Waals surface area contributed by atoms with Crippen molar-refractivity contribution in [2.24, 2.45) is 5.92 Å². The minimum atomic E-state index is -1.59. The van der Waals surface area contributed by atoms with Gasteiger partial charge < -0.3 is 24.1 Å². The Balaban J connectivity index is 1.32. The third-order valence-electron chi connectivity index (χ3n) is 7.58. The van der Waals surface area contributed by atoms with Gasteiger partial charge in [-0.2, -0.15) is 0 Å². The van der Waals surface area contributed by atoms with E-state index in [0.29, 0.717) is 48.2 Å². The zero-order valence-corrected chi connectivity index (χ0v) is 21.7. The molecule has 2 aliphatic rings. The van der Waals surface area contributed by atoms with Crippen molar-refractivity contribution in [1.29, 1.82) is 0 Å². The van der Waals surface area contributed by atoms with Crippen LogP contribution in [0.2, 0.25) is 0 Å². The second-order valence-electron chi connectivity index (χ2n) is 9.92. The predicted molar refractivity (Wildman–Crippen MR) is 146 cm³/mol. The number of aliphatic hydroxyl groups is 1. The third-order valence-corrected chi connectivity index (χ3v) is 7.58. The van der Waals surface area contributed by atoms with Crippen LogP contribution in [0.4, 0.5) is 0 Å². The molecule has 0 amide bonds. The molecule has 6 rings (SSSR count). The number of rotatable bonds is 9. The average molecular weight is 523 g/mol. The Morgan fingerprint density at radius 3 is 2.41 bits per heavy atom. The van der Waals surface area contributed by atoms with E-state index in [9.17, 15) is 9.90 Å². The lowest BCUT2D eigenvalue weighted by atomic mass is 9.74. The largest absolute Gasteiger partial charge is 0.491 e. The maximum Gasteiger partial charge on any atom is 0.231 e. The first kappa shape index (κ1) is 25.2. The monoisotopic (exact) mass is 522 g/mol. The Bertz CT molecular complexity index is 1480. The van der Waals surface area contributed by atoms with Crippen molar-refractivity contribution in [1.82, 2.24) is 0 Å². The van der Waals surface area contributed by atoms with Crippen molar-refractivity contribution in [3.8, 4) is 17.2 Å². The fraction of sp³-hybridized carbons (Fsp3) is 0.242. The number of hydrogen-bond acceptors (Lipinski definition) is 6. The van der Waals surface area contributed by atoms with Crippen LogP contribution in [0.25, 0.3) is 0 Å². The first-order valence-corrected chi connectivity index (χ1v) is 13.1. The van der Waals surface area contributed by atoms with Gasteiger partial charge in [0, 0.05) is 11.5 Å². The number of ketones is 1. The van der Waals surface area contributed by atoms with E-state index in [-0.39, 0.29) is 18.5 Å². The predicted octanol–water partition coefficient (Wildman–Crippen LogP) is 5.60.